The van der Waals surface area contributed by atoms with Crippen LogP contribution in [0.15, 0.2) is 30.3 Å². The fourth-order valence-corrected chi connectivity index (χ4v) is 3.03. The molecule has 0 aliphatic carbocycles. The Labute approximate surface area is 133 Å². The normalized spacial score (nSPS) is 10.9. The van der Waals surface area contributed by atoms with Crippen molar-refractivity contribution in [1.82, 2.24) is 4.90 Å². The van der Waals surface area contributed by atoms with Gasteiger partial charge in [0.2, 0.25) is 5.91 Å². The zero-order valence-corrected chi connectivity index (χ0v) is 13.6. The van der Waals surface area contributed by atoms with E-state index in [1.165, 1.54) is 11.3 Å². The number of nitrogens with zero attached hydrogens (tertiary/aromatic N) is 1. The number of anilines is 1. The highest BCUT2D eigenvalue weighted by Crippen LogP contribution is 2.24. The summed E-state index contributed by atoms with van der Waals surface area (Å²) in [5, 5.41) is 3.36. The van der Waals surface area contributed by atoms with E-state index in [4.69, 9.17) is 17.3 Å². The molecule has 0 fully saturated rings. The first-order valence-corrected chi connectivity index (χ1v) is 7.70. The highest BCUT2D eigenvalue weighted by molar-refractivity contribution is 7.16. The van der Waals surface area contributed by atoms with E-state index in [9.17, 15) is 4.79 Å². The maximum absolute atomic E-state index is 11.3. The topological polar surface area (TPSA) is 58.4 Å². The average Bonchev–Trinajstić information content (AvgIpc) is 2.82. The largest absolute Gasteiger partial charge is 0.380 e. The Kier molecular flexibility index (Phi) is 5.22. The van der Waals surface area contributed by atoms with Gasteiger partial charge in [-0.2, -0.15) is 0 Å². The smallest absolute Gasteiger partial charge is 0.248 e. The molecule has 1 amide bonds. The molecule has 0 aliphatic rings. The van der Waals surface area contributed by atoms with Gasteiger partial charge in [-0.1, -0.05) is 17.7 Å². The summed E-state index contributed by atoms with van der Waals surface area (Å²) < 4.78 is 0.770. The lowest BCUT2D eigenvalue weighted by atomic mass is 10.1. The minimum absolute atomic E-state index is 0.423. The number of primary amides is 1. The SMILES string of the molecule is CN(C)Cc1ccc(C(N)=O)cc1NCc1ccc(Cl)s1. The summed E-state index contributed by atoms with van der Waals surface area (Å²) in [5.74, 6) is -0.423. The summed E-state index contributed by atoms with van der Waals surface area (Å²) in [6.45, 7) is 1.45. The van der Waals surface area contributed by atoms with Crippen molar-refractivity contribution in [2.45, 2.75) is 13.1 Å². The van der Waals surface area contributed by atoms with Crippen molar-refractivity contribution in [3.05, 3.63) is 50.7 Å². The third kappa shape index (κ3) is 4.46. The lowest BCUT2D eigenvalue weighted by Gasteiger charge is -2.16. The quantitative estimate of drug-likeness (QED) is 0.858. The van der Waals surface area contributed by atoms with Gasteiger partial charge < -0.3 is 16.0 Å². The first-order valence-electron chi connectivity index (χ1n) is 6.51. The number of nitrogens with one attached hydrogen (secondary N) is 1. The average molecular weight is 324 g/mol. The van der Waals surface area contributed by atoms with Crippen LogP contribution >= 0.6 is 22.9 Å². The van der Waals surface area contributed by atoms with Gasteiger partial charge in [0.15, 0.2) is 0 Å². The van der Waals surface area contributed by atoms with E-state index < -0.39 is 5.91 Å². The van der Waals surface area contributed by atoms with E-state index in [0.29, 0.717) is 12.1 Å². The molecular formula is C15H18ClN3OS. The van der Waals surface area contributed by atoms with Crippen LogP contribution in [-0.4, -0.2) is 24.9 Å². The Balaban J connectivity index is 2.20. The van der Waals surface area contributed by atoms with Gasteiger partial charge in [-0.15, -0.1) is 11.3 Å². The molecule has 6 heteroatoms. The van der Waals surface area contributed by atoms with Crippen molar-refractivity contribution in [3.8, 4) is 0 Å². The molecule has 0 radical (unpaired) electrons. The first kappa shape index (κ1) is 15.8. The van der Waals surface area contributed by atoms with Gasteiger partial charge in [0.1, 0.15) is 0 Å². The Bertz CT molecular complexity index is 640. The van der Waals surface area contributed by atoms with Crippen molar-refractivity contribution < 1.29 is 4.79 Å². The summed E-state index contributed by atoms with van der Waals surface area (Å²) >= 11 is 7.47. The number of carbonyl (C=O) groups is 1. The zero-order chi connectivity index (χ0) is 15.4. The van der Waals surface area contributed by atoms with Crippen LogP contribution in [0, 0.1) is 0 Å². The molecule has 0 saturated heterocycles. The van der Waals surface area contributed by atoms with Gasteiger partial charge in [-0.3, -0.25) is 4.79 Å². The third-order valence-electron chi connectivity index (χ3n) is 2.96. The van der Waals surface area contributed by atoms with E-state index in [2.05, 4.69) is 10.2 Å². The number of hydrogen-bond acceptors (Lipinski definition) is 4. The van der Waals surface area contributed by atoms with Crippen LogP contribution in [0.4, 0.5) is 5.69 Å². The van der Waals surface area contributed by atoms with Gasteiger partial charge in [-0.25, -0.2) is 0 Å². The molecule has 3 N–H and O–H groups in total. The molecule has 112 valence electrons. The molecule has 0 atom stereocenters. The molecule has 0 spiro atoms. The predicted octanol–water partition coefficient (Wildman–Crippen LogP) is 3.17. The molecular weight excluding hydrogens is 306 g/mol. The maximum Gasteiger partial charge on any atom is 0.248 e. The fourth-order valence-electron chi connectivity index (χ4n) is 2.00. The highest BCUT2D eigenvalue weighted by atomic mass is 35.5. The monoisotopic (exact) mass is 323 g/mol. The van der Waals surface area contributed by atoms with E-state index in [1.54, 1.807) is 12.1 Å². The molecule has 2 aromatic rings. The summed E-state index contributed by atoms with van der Waals surface area (Å²) in [7, 11) is 4.01. The van der Waals surface area contributed by atoms with Crippen LogP contribution in [0.25, 0.3) is 0 Å². The Morgan fingerprint density at radius 2 is 2.10 bits per heavy atom. The molecule has 4 nitrogen and oxygen atoms in total. The van der Waals surface area contributed by atoms with Gasteiger partial charge in [-0.05, 0) is 43.9 Å². The van der Waals surface area contributed by atoms with Crippen LogP contribution < -0.4 is 11.1 Å². The number of amides is 1. The minimum atomic E-state index is -0.423. The first-order chi connectivity index (χ1) is 9.95. The number of rotatable bonds is 6. The number of nitrogens with two attached hydrogens (primary N) is 1. The van der Waals surface area contributed by atoms with Crippen LogP contribution in [0.2, 0.25) is 4.34 Å². The number of benzene rings is 1. The van der Waals surface area contributed by atoms with E-state index >= 15 is 0 Å². The van der Waals surface area contributed by atoms with Gasteiger partial charge in [0, 0.05) is 29.2 Å². The Hall–Kier alpha value is -1.56. The molecule has 21 heavy (non-hydrogen) atoms. The highest BCUT2D eigenvalue weighted by Gasteiger charge is 2.08. The predicted molar refractivity (Wildman–Crippen MR) is 89.0 cm³/mol. The zero-order valence-electron chi connectivity index (χ0n) is 12.0. The molecule has 0 unspecified atom stereocenters. The van der Waals surface area contributed by atoms with Crippen LogP contribution in [0.1, 0.15) is 20.8 Å². The van der Waals surface area contributed by atoms with Gasteiger partial charge in [0.25, 0.3) is 0 Å². The fraction of sp³-hybridized carbons (Fsp3) is 0.267. The minimum Gasteiger partial charge on any atom is -0.380 e. The maximum atomic E-state index is 11.3. The molecule has 1 aromatic heterocycles. The van der Waals surface area contributed by atoms with Crippen molar-refractivity contribution >= 4 is 34.5 Å². The number of halogens is 1. The molecule has 0 saturated carbocycles. The van der Waals surface area contributed by atoms with E-state index in [-0.39, 0.29) is 0 Å². The Morgan fingerprint density at radius 1 is 1.33 bits per heavy atom. The summed E-state index contributed by atoms with van der Waals surface area (Å²) in [4.78, 5) is 14.5. The van der Waals surface area contributed by atoms with Gasteiger partial charge in [0.05, 0.1) is 4.34 Å². The standard InChI is InChI=1S/C15H18ClN3OS/c1-19(2)9-11-4-3-10(15(17)20)7-13(11)18-8-12-5-6-14(16)21-12/h3-7,18H,8-9H2,1-2H3,(H2,17,20). The van der Waals surface area contributed by atoms with E-state index in [0.717, 1.165) is 27.0 Å². The second kappa shape index (κ2) is 6.93. The second-order valence-corrected chi connectivity index (χ2v) is 6.83. The summed E-state index contributed by atoms with van der Waals surface area (Å²) in [6, 6.07) is 9.36. The third-order valence-corrected chi connectivity index (χ3v) is 4.19. The lowest BCUT2D eigenvalue weighted by molar-refractivity contribution is 0.100. The molecule has 0 bridgehead atoms. The van der Waals surface area contributed by atoms with Crippen molar-refractivity contribution in [2.75, 3.05) is 19.4 Å². The van der Waals surface area contributed by atoms with Crippen LogP contribution in [0.3, 0.4) is 0 Å². The second-order valence-electron chi connectivity index (χ2n) is 5.03. The number of carbonyl (C=O) groups excluding carboxylic acids is 1. The number of hydrogen-bond donors (Lipinski definition) is 2. The van der Waals surface area contributed by atoms with Crippen LogP contribution in [-0.2, 0) is 13.1 Å². The van der Waals surface area contributed by atoms with Gasteiger partial charge >= 0.3 is 0 Å². The summed E-state index contributed by atoms with van der Waals surface area (Å²) in [6.07, 6.45) is 0. The van der Waals surface area contributed by atoms with Crippen molar-refractivity contribution in [3.63, 3.8) is 0 Å². The van der Waals surface area contributed by atoms with E-state index in [1.807, 2.05) is 32.3 Å². The molecule has 0 aliphatic heterocycles. The Morgan fingerprint density at radius 3 is 2.67 bits per heavy atom. The van der Waals surface area contributed by atoms with Crippen LogP contribution in [0.5, 0.6) is 0 Å². The number of thiophene rings is 1. The molecule has 2 rings (SSSR count). The lowest BCUT2D eigenvalue weighted by Crippen LogP contribution is -2.15. The van der Waals surface area contributed by atoms with Crippen molar-refractivity contribution in [2.24, 2.45) is 5.73 Å². The summed E-state index contributed by atoms with van der Waals surface area (Å²) in [5.41, 5.74) is 7.90. The molecule has 1 aromatic carbocycles. The molecule has 1 heterocycles. The van der Waals surface area contributed by atoms with Crippen molar-refractivity contribution in [1.29, 1.82) is 0 Å².